The lowest BCUT2D eigenvalue weighted by Gasteiger charge is -1.87. The summed E-state index contributed by atoms with van der Waals surface area (Å²) in [6, 6.07) is 0. The van der Waals surface area contributed by atoms with E-state index in [1.54, 1.807) is 0 Å². The number of carbonyl (C=O) groups excluding carboxylic acids is 1. The van der Waals surface area contributed by atoms with Gasteiger partial charge in [-0.05, 0) is 11.6 Å². The fourth-order valence-corrected chi connectivity index (χ4v) is 0.157. The number of hydrogen-bond acceptors (Lipinski definition) is 2. The Morgan fingerprint density at radius 1 is 1.86 bits per heavy atom. The van der Waals surface area contributed by atoms with E-state index in [9.17, 15) is 4.79 Å². The summed E-state index contributed by atoms with van der Waals surface area (Å²) in [4.78, 5) is 9.96. The summed E-state index contributed by atoms with van der Waals surface area (Å²) in [7, 11) is 0. The van der Waals surface area contributed by atoms with Crippen LogP contribution >= 0.6 is 11.6 Å². The van der Waals surface area contributed by atoms with Crippen LogP contribution in [-0.4, -0.2) is 11.8 Å². The zero-order valence-electron chi connectivity index (χ0n) is 3.78. The first kappa shape index (κ1) is 6.66. The molecule has 0 aromatic carbocycles. The van der Waals surface area contributed by atoms with Gasteiger partial charge < -0.3 is 5.73 Å². The molecule has 0 aliphatic rings. The van der Waals surface area contributed by atoms with Crippen LogP contribution < -0.4 is 5.73 Å². The van der Waals surface area contributed by atoms with E-state index in [-0.39, 0.29) is 12.1 Å². The highest BCUT2D eigenvalue weighted by atomic mass is 35.5. The van der Waals surface area contributed by atoms with Gasteiger partial charge in [0.2, 0.25) is 5.24 Å². The number of nitrogens with two attached hydrogens (primary N) is 1. The van der Waals surface area contributed by atoms with Crippen LogP contribution in [0.4, 0.5) is 0 Å². The Hall–Kier alpha value is -0.340. The largest absolute Gasteiger partial charge is 0.326 e. The molecule has 0 aromatic heterocycles. The number of rotatable bonds is 2. The Balaban J connectivity index is 3.58. The van der Waals surface area contributed by atoms with Gasteiger partial charge in [-0.15, -0.1) is 0 Å². The molecule has 0 bridgehead atoms. The van der Waals surface area contributed by atoms with Crippen LogP contribution in [0.2, 0.25) is 0 Å². The van der Waals surface area contributed by atoms with Crippen LogP contribution in [-0.2, 0) is 4.79 Å². The quantitative estimate of drug-likeness (QED) is 0.419. The Morgan fingerprint density at radius 3 is 2.29 bits per heavy atom. The van der Waals surface area contributed by atoms with E-state index in [0.29, 0.717) is 0 Å². The summed E-state index contributed by atoms with van der Waals surface area (Å²) in [5, 5.41) is -0.553. The van der Waals surface area contributed by atoms with Crippen molar-refractivity contribution in [3.8, 4) is 0 Å². The maximum atomic E-state index is 9.96. The Bertz CT molecular complexity index is 99.9. The third-order valence-corrected chi connectivity index (χ3v) is 0.792. The van der Waals surface area contributed by atoms with Crippen molar-refractivity contribution in [2.24, 2.45) is 5.73 Å². The van der Waals surface area contributed by atoms with E-state index >= 15 is 0 Å². The van der Waals surface area contributed by atoms with Crippen molar-refractivity contribution >= 4 is 16.8 Å². The second kappa shape index (κ2) is 2.77. The highest BCUT2D eigenvalue weighted by Crippen LogP contribution is 1.91. The van der Waals surface area contributed by atoms with Gasteiger partial charge in [-0.25, -0.2) is 0 Å². The molecule has 0 heterocycles. The third-order valence-electron chi connectivity index (χ3n) is 0.524. The van der Waals surface area contributed by atoms with Gasteiger partial charge in [0, 0.05) is 12.1 Å². The first-order valence-corrected chi connectivity index (χ1v) is 2.14. The van der Waals surface area contributed by atoms with Gasteiger partial charge in [0.05, 0.1) is 0 Å². The summed E-state index contributed by atoms with van der Waals surface area (Å²) < 4.78 is 0. The normalized spacial score (nSPS) is 8.29. The minimum absolute atomic E-state index is 0.141. The molecule has 0 aliphatic heterocycles. The summed E-state index contributed by atoms with van der Waals surface area (Å²) in [5.41, 5.74) is 5.22. The SMILES string of the molecule is C=C(CN)C(=O)Cl. The fourth-order valence-electron chi connectivity index (χ4n) is 0.0802. The van der Waals surface area contributed by atoms with E-state index in [2.05, 4.69) is 6.58 Å². The van der Waals surface area contributed by atoms with E-state index in [0.717, 1.165) is 0 Å². The van der Waals surface area contributed by atoms with Gasteiger partial charge in [-0.1, -0.05) is 6.58 Å². The predicted molar refractivity (Wildman–Crippen MR) is 29.1 cm³/mol. The van der Waals surface area contributed by atoms with E-state index in [1.165, 1.54) is 0 Å². The summed E-state index contributed by atoms with van der Waals surface area (Å²) in [6.45, 7) is 3.41. The molecular formula is C4H6ClNO. The molecule has 2 N–H and O–H groups in total. The number of halogens is 1. The number of carbonyl (C=O) groups is 1. The van der Waals surface area contributed by atoms with Crippen LogP contribution in [0.5, 0.6) is 0 Å². The van der Waals surface area contributed by atoms with Crippen LogP contribution in [0.1, 0.15) is 0 Å². The molecular weight excluding hydrogens is 114 g/mol. The first-order valence-electron chi connectivity index (χ1n) is 1.76. The Morgan fingerprint density at radius 2 is 2.29 bits per heavy atom. The zero-order chi connectivity index (χ0) is 5.86. The molecule has 0 radical (unpaired) electrons. The zero-order valence-corrected chi connectivity index (χ0v) is 4.53. The van der Waals surface area contributed by atoms with Crippen molar-refractivity contribution in [2.75, 3.05) is 6.54 Å². The maximum Gasteiger partial charge on any atom is 0.249 e. The monoisotopic (exact) mass is 119 g/mol. The molecule has 3 heteroatoms. The average molecular weight is 120 g/mol. The van der Waals surface area contributed by atoms with Crippen molar-refractivity contribution in [1.82, 2.24) is 0 Å². The minimum atomic E-state index is -0.553. The van der Waals surface area contributed by atoms with Gasteiger partial charge in [-0.2, -0.15) is 0 Å². The smallest absolute Gasteiger partial charge is 0.249 e. The topological polar surface area (TPSA) is 43.1 Å². The first-order chi connectivity index (χ1) is 3.18. The van der Waals surface area contributed by atoms with Gasteiger partial charge >= 0.3 is 0 Å². The van der Waals surface area contributed by atoms with Gasteiger partial charge in [0.1, 0.15) is 0 Å². The average Bonchev–Trinajstić information content (AvgIpc) is 1.65. The summed E-state index contributed by atoms with van der Waals surface area (Å²) in [6.07, 6.45) is 0. The second-order valence-corrected chi connectivity index (χ2v) is 1.42. The lowest BCUT2D eigenvalue weighted by Crippen LogP contribution is -2.06. The molecule has 2 nitrogen and oxygen atoms in total. The van der Waals surface area contributed by atoms with Crippen molar-refractivity contribution < 1.29 is 4.79 Å². The lowest BCUT2D eigenvalue weighted by atomic mass is 10.3. The van der Waals surface area contributed by atoms with Crippen LogP contribution in [0.25, 0.3) is 0 Å². The molecule has 0 aromatic rings. The highest BCUT2D eigenvalue weighted by molar-refractivity contribution is 6.67. The molecule has 0 saturated heterocycles. The fraction of sp³-hybridized carbons (Fsp3) is 0.250. The van der Waals surface area contributed by atoms with Gasteiger partial charge in [-0.3, -0.25) is 4.79 Å². The van der Waals surface area contributed by atoms with Crippen molar-refractivity contribution in [3.05, 3.63) is 12.2 Å². The molecule has 0 amide bonds. The molecule has 0 fully saturated rings. The van der Waals surface area contributed by atoms with Crippen LogP contribution in [0.3, 0.4) is 0 Å². The molecule has 7 heavy (non-hydrogen) atoms. The second-order valence-electron chi connectivity index (χ2n) is 1.08. The molecule has 0 atom stereocenters. The molecule has 0 unspecified atom stereocenters. The number of hydrogen-bond donors (Lipinski definition) is 1. The maximum absolute atomic E-state index is 9.96. The molecule has 0 aliphatic carbocycles. The highest BCUT2D eigenvalue weighted by Gasteiger charge is 1.96. The van der Waals surface area contributed by atoms with Crippen LogP contribution in [0, 0.1) is 0 Å². The van der Waals surface area contributed by atoms with Crippen molar-refractivity contribution in [1.29, 1.82) is 0 Å². The molecule has 0 saturated carbocycles. The summed E-state index contributed by atoms with van der Waals surface area (Å²) in [5.74, 6) is 0. The van der Waals surface area contributed by atoms with Crippen LogP contribution in [0.15, 0.2) is 12.2 Å². The molecule has 40 valence electrons. The summed E-state index contributed by atoms with van der Waals surface area (Å²) >= 11 is 4.91. The standard InChI is InChI=1S/C4H6ClNO/c1-3(2-6)4(5)7/h1-2,6H2. The van der Waals surface area contributed by atoms with Crippen molar-refractivity contribution in [2.45, 2.75) is 0 Å². The Kier molecular flexibility index (Phi) is 2.64. The molecule has 0 rings (SSSR count). The van der Waals surface area contributed by atoms with E-state index < -0.39 is 5.24 Å². The Labute approximate surface area is 46.9 Å². The van der Waals surface area contributed by atoms with Crippen molar-refractivity contribution in [3.63, 3.8) is 0 Å². The predicted octanol–water partition coefficient (Wildman–Crippen LogP) is 0.267. The van der Waals surface area contributed by atoms with Gasteiger partial charge in [0.25, 0.3) is 0 Å². The van der Waals surface area contributed by atoms with Gasteiger partial charge in [0.15, 0.2) is 0 Å². The van der Waals surface area contributed by atoms with E-state index in [1.807, 2.05) is 0 Å². The van der Waals surface area contributed by atoms with E-state index in [4.69, 9.17) is 17.3 Å². The third kappa shape index (κ3) is 2.37. The minimum Gasteiger partial charge on any atom is -0.326 e. The lowest BCUT2D eigenvalue weighted by molar-refractivity contribution is -0.108. The molecule has 0 spiro atoms.